The largest absolute Gasteiger partial charge is 0.380 e. The zero-order valence-corrected chi connectivity index (χ0v) is 16.7. The van der Waals surface area contributed by atoms with Crippen molar-refractivity contribution in [3.63, 3.8) is 0 Å². The Labute approximate surface area is 159 Å². The molecule has 1 atom stereocenters. The number of nitrogens with zero attached hydrogens (tertiary/aromatic N) is 2. The van der Waals surface area contributed by atoms with Crippen molar-refractivity contribution in [2.24, 2.45) is 0 Å². The molecule has 1 heterocycles. The number of ketones is 2. The highest BCUT2D eigenvalue weighted by atomic mass is 16.3. The average molecular weight is 376 g/mol. The van der Waals surface area contributed by atoms with Crippen LogP contribution < -0.4 is 0 Å². The van der Waals surface area contributed by atoms with E-state index in [0.717, 1.165) is 0 Å². The molecule has 0 aromatic heterocycles. The van der Waals surface area contributed by atoms with E-state index in [-0.39, 0.29) is 30.3 Å². The quantitative estimate of drug-likeness (QED) is 0.739. The maximum atomic E-state index is 12.7. The molecule has 1 N–H and O–H groups in total. The van der Waals surface area contributed by atoms with Crippen LogP contribution in [0.25, 0.3) is 0 Å². The number of amides is 2. The molecule has 1 aliphatic heterocycles. The highest BCUT2D eigenvalue weighted by Crippen LogP contribution is 2.29. The summed E-state index contributed by atoms with van der Waals surface area (Å²) in [5.74, 6) is -0.797. The van der Waals surface area contributed by atoms with Gasteiger partial charge in [-0.05, 0) is 40.5 Å². The summed E-state index contributed by atoms with van der Waals surface area (Å²) in [7, 11) is 0. The Balaban J connectivity index is 2.04. The van der Waals surface area contributed by atoms with Crippen LogP contribution in [0.3, 0.4) is 0 Å². The maximum absolute atomic E-state index is 12.7. The number of carbonyl (C=O) groups is 4. The second-order valence-corrected chi connectivity index (χ2v) is 7.58. The van der Waals surface area contributed by atoms with E-state index in [1.807, 2.05) is 0 Å². The van der Waals surface area contributed by atoms with E-state index in [2.05, 4.69) is 0 Å². The first-order valence-corrected chi connectivity index (χ1v) is 9.21. The summed E-state index contributed by atoms with van der Waals surface area (Å²) in [6.45, 7) is 9.42. The summed E-state index contributed by atoms with van der Waals surface area (Å²) in [5, 5.41) is 10.7. The lowest BCUT2D eigenvalue weighted by Gasteiger charge is -2.37. The normalized spacial score (nSPS) is 21.0. The smallest absolute Gasteiger partial charge is 0.254 e. The van der Waals surface area contributed by atoms with Crippen LogP contribution in [0.2, 0.25) is 0 Å². The molecule has 0 aromatic carbocycles. The van der Waals surface area contributed by atoms with Crippen molar-refractivity contribution >= 4 is 23.4 Å². The Kier molecular flexibility index (Phi) is 6.04. The fraction of sp³-hybridized carbons (Fsp3) is 0.600. The number of hydrogen-bond acceptors (Lipinski definition) is 5. The first-order valence-electron chi connectivity index (χ1n) is 9.21. The van der Waals surface area contributed by atoms with E-state index in [0.29, 0.717) is 48.5 Å². The summed E-state index contributed by atoms with van der Waals surface area (Å²) in [5.41, 5.74) is -0.00241. The van der Waals surface area contributed by atoms with Crippen LogP contribution in [-0.4, -0.2) is 70.1 Å². The monoisotopic (exact) mass is 376 g/mol. The number of piperazine rings is 1. The lowest BCUT2D eigenvalue weighted by atomic mass is 9.82. The van der Waals surface area contributed by atoms with Gasteiger partial charge >= 0.3 is 0 Å². The molecule has 27 heavy (non-hydrogen) atoms. The lowest BCUT2D eigenvalue weighted by Crippen LogP contribution is -2.55. The van der Waals surface area contributed by atoms with Gasteiger partial charge in [-0.25, -0.2) is 0 Å². The molecule has 2 amide bonds. The molecule has 0 saturated carbocycles. The van der Waals surface area contributed by atoms with Crippen LogP contribution in [-0.2, 0) is 19.2 Å². The minimum Gasteiger partial charge on any atom is -0.380 e. The molecule has 1 saturated heterocycles. The fourth-order valence-electron chi connectivity index (χ4n) is 3.50. The molecule has 148 valence electrons. The highest BCUT2D eigenvalue weighted by molar-refractivity contribution is 6.24. The minimum absolute atomic E-state index is 0.0320. The summed E-state index contributed by atoms with van der Waals surface area (Å²) in [6.07, 6.45) is 0.212. The molecule has 0 aromatic rings. The number of Topliss-reactive ketones (excluding diaryl/α,β-unsaturated/α-hetero) is 2. The number of rotatable bonds is 4. The zero-order chi connectivity index (χ0) is 20.5. The molecule has 0 spiro atoms. The molecular formula is C20H28N2O5. The number of carbonyl (C=O) groups excluding carboxylic acids is 4. The van der Waals surface area contributed by atoms with Gasteiger partial charge in [0, 0.05) is 55.4 Å². The van der Waals surface area contributed by atoms with Gasteiger partial charge in [-0.2, -0.15) is 0 Å². The van der Waals surface area contributed by atoms with Crippen molar-refractivity contribution in [2.45, 2.75) is 53.1 Å². The Morgan fingerprint density at radius 1 is 0.926 bits per heavy atom. The second kappa shape index (κ2) is 7.76. The van der Waals surface area contributed by atoms with E-state index in [1.165, 1.54) is 13.8 Å². The molecule has 0 radical (unpaired) electrons. The van der Waals surface area contributed by atoms with Gasteiger partial charge in [-0.15, -0.1) is 0 Å². The predicted octanol–water partition coefficient (Wildman–Crippen LogP) is 1.01. The molecule has 7 heteroatoms. The summed E-state index contributed by atoms with van der Waals surface area (Å²) in [6, 6.07) is 0. The van der Waals surface area contributed by atoms with Gasteiger partial charge in [0.1, 0.15) is 5.60 Å². The highest BCUT2D eigenvalue weighted by Gasteiger charge is 2.37. The van der Waals surface area contributed by atoms with E-state index in [4.69, 9.17) is 0 Å². The van der Waals surface area contributed by atoms with Crippen LogP contribution in [0, 0.1) is 0 Å². The Hall–Kier alpha value is -2.28. The Morgan fingerprint density at radius 3 is 1.93 bits per heavy atom. The Morgan fingerprint density at radius 2 is 1.41 bits per heavy atom. The van der Waals surface area contributed by atoms with E-state index < -0.39 is 11.5 Å². The molecule has 1 fully saturated rings. The van der Waals surface area contributed by atoms with Gasteiger partial charge in [-0.3, -0.25) is 19.2 Å². The molecule has 0 bridgehead atoms. The van der Waals surface area contributed by atoms with E-state index in [1.54, 1.807) is 30.6 Å². The molecule has 2 rings (SSSR count). The summed E-state index contributed by atoms with van der Waals surface area (Å²) in [4.78, 5) is 52.1. The van der Waals surface area contributed by atoms with Gasteiger partial charge in [0.25, 0.3) is 5.91 Å². The molecule has 1 unspecified atom stereocenters. The lowest BCUT2D eigenvalue weighted by molar-refractivity contribution is -0.153. The fourth-order valence-corrected chi connectivity index (χ4v) is 3.50. The van der Waals surface area contributed by atoms with Crippen molar-refractivity contribution in [3.8, 4) is 0 Å². The molecular weight excluding hydrogens is 348 g/mol. The van der Waals surface area contributed by atoms with Gasteiger partial charge in [-0.1, -0.05) is 0 Å². The third-order valence-electron chi connectivity index (χ3n) is 5.65. The van der Waals surface area contributed by atoms with Crippen molar-refractivity contribution in [1.82, 2.24) is 9.80 Å². The SMILES string of the molecule is CC(=O)N1CCN(C(=O)C(C)(O)CCC2=C(C)C(=O)C(C)=C(C)C2=O)CC1. The third-order valence-corrected chi connectivity index (χ3v) is 5.65. The second-order valence-electron chi connectivity index (χ2n) is 7.58. The molecule has 7 nitrogen and oxygen atoms in total. The maximum Gasteiger partial charge on any atom is 0.254 e. The van der Waals surface area contributed by atoms with Gasteiger partial charge in [0.15, 0.2) is 11.6 Å². The summed E-state index contributed by atoms with van der Waals surface area (Å²) >= 11 is 0. The zero-order valence-electron chi connectivity index (χ0n) is 16.7. The first kappa shape index (κ1) is 21.0. The van der Waals surface area contributed by atoms with Crippen molar-refractivity contribution in [1.29, 1.82) is 0 Å². The van der Waals surface area contributed by atoms with Crippen molar-refractivity contribution in [3.05, 3.63) is 22.3 Å². The predicted molar refractivity (Wildman–Crippen MR) is 99.8 cm³/mol. The van der Waals surface area contributed by atoms with Gasteiger partial charge < -0.3 is 14.9 Å². The average Bonchev–Trinajstić information content (AvgIpc) is 2.64. The summed E-state index contributed by atoms with van der Waals surface area (Å²) < 4.78 is 0. The van der Waals surface area contributed by atoms with Crippen LogP contribution in [0.1, 0.15) is 47.5 Å². The van der Waals surface area contributed by atoms with E-state index in [9.17, 15) is 24.3 Å². The van der Waals surface area contributed by atoms with Crippen molar-refractivity contribution < 1.29 is 24.3 Å². The number of allylic oxidation sites excluding steroid dienone is 4. The minimum atomic E-state index is -1.64. The topological polar surface area (TPSA) is 95.0 Å². The number of hydrogen-bond donors (Lipinski definition) is 1. The third kappa shape index (κ3) is 4.18. The Bertz CT molecular complexity index is 752. The van der Waals surface area contributed by atoms with Crippen molar-refractivity contribution in [2.75, 3.05) is 26.2 Å². The first-order chi connectivity index (χ1) is 12.5. The van der Waals surface area contributed by atoms with Crippen LogP contribution in [0.15, 0.2) is 22.3 Å². The number of aliphatic hydroxyl groups is 1. The van der Waals surface area contributed by atoms with Gasteiger partial charge in [0.2, 0.25) is 5.91 Å². The standard InChI is InChI=1S/C20H28N2O5/c1-12-13(2)18(25)16(14(3)17(12)24)6-7-20(5,27)19(26)22-10-8-21(9-11-22)15(4)23/h27H,6-11H2,1-5H3. The van der Waals surface area contributed by atoms with Gasteiger partial charge in [0.05, 0.1) is 0 Å². The van der Waals surface area contributed by atoms with Crippen LogP contribution in [0.4, 0.5) is 0 Å². The van der Waals surface area contributed by atoms with Crippen LogP contribution >= 0.6 is 0 Å². The van der Waals surface area contributed by atoms with E-state index >= 15 is 0 Å². The molecule has 2 aliphatic rings. The molecule has 1 aliphatic carbocycles. The van der Waals surface area contributed by atoms with Crippen LogP contribution in [0.5, 0.6) is 0 Å².